The maximum atomic E-state index is 11.7. The average molecular weight is 298 g/mol. The van der Waals surface area contributed by atoms with Crippen LogP contribution in [0, 0.1) is 0 Å². The topological polar surface area (TPSA) is 76.7 Å². The van der Waals surface area contributed by atoms with Crippen molar-refractivity contribution >= 4 is 12.2 Å². The predicted molar refractivity (Wildman–Crippen MR) is 79.8 cm³/mol. The number of carbonyl (C=O) groups is 2. The number of hydrogen-bond donors (Lipinski definition) is 2. The first kappa shape index (κ1) is 17.3. The molecule has 1 rings (SSSR count). The summed E-state index contributed by atoms with van der Waals surface area (Å²) in [5.74, 6) is 0. The second-order valence-corrected chi connectivity index (χ2v) is 7.11. The Kier molecular flexibility index (Phi) is 5.25. The molecular formula is C15H26N2O4. The summed E-state index contributed by atoms with van der Waals surface area (Å²) in [7, 11) is 0. The Morgan fingerprint density at radius 2 is 1.57 bits per heavy atom. The van der Waals surface area contributed by atoms with Gasteiger partial charge in [-0.3, -0.25) is 5.32 Å². The third-order valence-corrected chi connectivity index (χ3v) is 2.49. The first-order valence-electron chi connectivity index (χ1n) is 7.15. The molecule has 6 heteroatoms. The third-order valence-electron chi connectivity index (χ3n) is 2.49. The summed E-state index contributed by atoms with van der Waals surface area (Å²) >= 11 is 0. The van der Waals surface area contributed by atoms with Crippen LogP contribution < -0.4 is 10.6 Å². The molecule has 1 aliphatic carbocycles. The summed E-state index contributed by atoms with van der Waals surface area (Å²) in [4.78, 5) is 23.3. The van der Waals surface area contributed by atoms with E-state index in [0.29, 0.717) is 6.42 Å². The molecule has 2 N–H and O–H groups in total. The van der Waals surface area contributed by atoms with Gasteiger partial charge in [-0.05, 0) is 60.5 Å². The van der Waals surface area contributed by atoms with Crippen LogP contribution in [0.4, 0.5) is 9.59 Å². The molecule has 120 valence electrons. The van der Waals surface area contributed by atoms with Crippen molar-refractivity contribution in [2.75, 3.05) is 0 Å². The lowest BCUT2D eigenvalue weighted by atomic mass is 10.2. The second kappa shape index (κ2) is 6.37. The fourth-order valence-electron chi connectivity index (χ4n) is 1.83. The first-order chi connectivity index (χ1) is 9.44. The number of hydrogen-bond acceptors (Lipinski definition) is 4. The van der Waals surface area contributed by atoms with Gasteiger partial charge in [-0.2, -0.15) is 0 Å². The van der Waals surface area contributed by atoms with E-state index in [9.17, 15) is 9.59 Å². The largest absolute Gasteiger partial charge is 0.444 e. The normalized spacial score (nSPS) is 18.8. The summed E-state index contributed by atoms with van der Waals surface area (Å²) in [5, 5.41) is 5.45. The zero-order chi connectivity index (χ0) is 16.3. The van der Waals surface area contributed by atoms with Crippen LogP contribution in [0.2, 0.25) is 0 Å². The quantitative estimate of drug-likeness (QED) is 0.821. The van der Waals surface area contributed by atoms with E-state index in [4.69, 9.17) is 9.47 Å². The number of amides is 2. The van der Waals surface area contributed by atoms with Gasteiger partial charge in [0.1, 0.15) is 11.2 Å². The standard InChI is InChI=1S/C15H26N2O4/c1-14(2,3)20-12(18)16-10-7-8-11(9-10)17-13(19)21-15(4,5)6/h9-10H,7-8H2,1-6H3,(H,16,18)(H,17,19). The molecule has 0 aromatic rings. The Balaban J connectivity index is 2.44. The number of nitrogens with one attached hydrogen (secondary N) is 2. The Labute approximate surface area is 126 Å². The number of carbonyl (C=O) groups excluding carboxylic acids is 2. The van der Waals surface area contributed by atoms with Crippen molar-refractivity contribution in [3.63, 3.8) is 0 Å². The molecule has 0 saturated carbocycles. The van der Waals surface area contributed by atoms with Gasteiger partial charge in [0.25, 0.3) is 0 Å². The molecule has 0 aromatic heterocycles. The highest BCUT2D eigenvalue weighted by atomic mass is 16.6. The molecule has 1 unspecified atom stereocenters. The van der Waals surface area contributed by atoms with Crippen LogP contribution in [0.3, 0.4) is 0 Å². The smallest absolute Gasteiger partial charge is 0.411 e. The molecule has 0 aliphatic heterocycles. The first-order valence-corrected chi connectivity index (χ1v) is 7.15. The Hall–Kier alpha value is -1.72. The molecule has 0 heterocycles. The number of rotatable bonds is 2. The second-order valence-electron chi connectivity index (χ2n) is 7.11. The fraction of sp³-hybridized carbons (Fsp3) is 0.733. The van der Waals surface area contributed by atoms with Gasteiger partial charge in [0.05, 0.1) is 6.04 Å². The van der Waals surface area contributed by atoms with E-state index in [1.165, 1.54) is 0 Å². The van der Waals surface area contributed by atoms with Crippen LogP contribution >= 0.6 is 0 Å². The van der Waals surface area contributed by atoms with Crippen LogP contribution in [0.1, 0.15) is 54.4 Å². The van der Waals surface area contributed by atoms with E-state index < -0.39 is 23.4 Å². The summed E-state index contributed by atoms with van der Waals surface area (Å²) in [6, 6.07) is -0.134. The Bertz CT molecular complexity index is 430. The van der Waals surface area contributed by atoms with Crippen LogP contribution in [-0.2, 0) is 9.47 Å². The molecule has 21 heavy (non-hydrogen) atoms. The van der Waals surface area contributed by atoms with Gasteiger partial charge in [0, 0.05) is 5.70 Å². The zero-order valence-corrected chi connectivity index (χ0v) is 13.7. The van der Waals surface area contributed by atoms with Crippen molar-refractivity contribution in [1.82, 2.24) is 10.6 Å². The highest BCUT2D eigenvalue weighted by molar-refractivity contribution is 5.71. The van der Waals surface area contributed by atoms with E-state index in [2.05, 4.69) is 10.6 Å². The maximum Gasteiger partial charge on any atom is 0.411 e. The van der Waals surface area contributed by atoms with Crippen molar-refractivity contribution in [3.8, 4) is 0 Å². The van der Waals surface area contributed by atoms with Gasteiger partial charge in [-0.15, -0.1) is 0 Å². The lowest BCUT2D eigenvalue weighted by Crippen LogP contribution is -2.37. The molecule has 0 spiro atoms. The van der Waals surface area contributed by atoms with E-state index in [-0.39, 0.29) is 6.04 Å². The predicted octanol–water partition coefficient (Wildman–Crippen LogP) is 3.08. The van der Waals surface area contributed by atoms with Crippen LogP contribution in [-0.4, -0.2) is 29.4 Å². The number of ether oxygens (including phenoxy) is 2. The molecule has 2 amide bonds. The molecule has 0 radical (unpaired) electrons. The van der Waals surface area contributed by atoms with E-state index >= 15 is 0 Å². The number of alkyl carbamates (subject to hydrolysis) is 2. The Morgan fingerprint density at radius 3 is 2.10 bits per heavy atom. The zero-order valence-electron chi connectivity index (χ0n) is 13.7. The monoisotopic (exact) mass is 298 g/mol. The molecule has 0 bridgehead atoms. The maximum absolute atomic E-state index is 11.7. The summed E-state index contributed by atoms with van der Waals surface area (Å²) in [6.45, 7) is 10.9. The summed E-state index contributed by atoms with van der Waals surface area (Å²) in [6.07, 6.45) is 2.28. The highest BCUT2D eigenvalue weighted by Gasteiger charge is 2.23. The average Bonchev–Trinajstić information content (AvgIpc) is 2.58. The van der Waals surface area contributed by atoms with Crippen LogP contribution in [0.15, 0.2) is 11.8 Å². The van der Waals surface area contributed by atoms with E-state index in [1.54, 1.807) is 0 Å². The van der Waals surface area contributed by atoms with Crippen molar-refractivity contribution in [2.24, 2.45) is 0 Å². The third kappa shape index (κ3) is 7.58. The van der Waals surface area contributed by atoms with Gasteiger partial charge >= 0.3 is 12.2 Å². The minimum absolute atomic E-state index is 0.134. The lowest BCUT2D eigenvalue weighted by Gasteiger charge is -2.21. The van der Waals surface area contributed by atoms with Gasteiger partial charge in [-0.1, -0.05) is 0 Å². The van der Waals surface area contributed by atoms with Crippen molar-refractivity contribution in [2.45, 2.75) is 71.6 Å². The number of allylic oxidation sites excluding steroid dienone is 1. The minimum Gasteiger partial charge on any atom is -0.444 e. The SMILES string of the molecule is CC(C)(C)OC(=O)NC1=CC(NC(=O)OC(C)(C)C)CC1. The molecule has 0 aromatic carbocycles. The Morgan fingerprint density at radius 1 is 1.05 bits per heavy atom. The lowest BCUT2D eigenvalue weighted by molar-refractivity contribution is 0.0510. The molecule has 0 fully saturated rings. The van der Waals surface area contributed by atoms with Crippen molar-refractivity contribution in [1.29, 1.82) is 0 Å². The van der Waals surface area contributed by atoms with E-state index in [1.807, 2.05) is 47.6 Å². The van der Waals surface area contributed by atoms with Crippen LogP contribution in [0.25, 0.3) is 0 Å². The van der Waals surface area contributed by atoms with Gasteiger partial charge in [0.15, 0.2) is 0 Å². The minimum atomic E-state index is -0.530. The summed E-state index contributed by atoms with van der Waals surface area (Å²) < 4.78 is 10.4. The highest BCUT2D eigenvalue weighted by Crippen LogP contribution is 2.18. The molecular weight excluding hydrogens is 272 g/mol. The molecule has 1 atom stereocenters. The van der Waals surface area contributed by atoms with Gasteiger partial charge in [0.2, 0.25) is 0 Å². The van der Waals surface area contributed by atoms with Crippen molar-refractivity contribution < 1.29 is 19.1 Å². The van der Waals surface area contributed by atoms with Crippen molar-refractivity contribution in [3.05, 3.63) is 11.8 Å². The van der Waals surface area contributed by atoms with Gasteiger partial charge < -0.3 is 14.8 Å². The molecule has 0 saturated heterocycles. The van der Waals surface area contributed by atoms with Crippen LogP contribution in [0.5, 0.6) is 0 Å². The molecule has 6 nitrogen and oxygen atoms in total. The van der Waals surface area contributed by atoms with Gasteiger partial charge in [-0.25, -0.2) is 9.59 Å². The van der Waals surface area contributed by atoms with E-state index in [0.717, 1.165) is 12.1 Å². The summed E-state index contributed by atoms with van der Waals surface area (Å²) in [5.41, 5.74) is -0.299. The molecule has 1 aliphatic rings. The fourth-order valence-corrected chi connectivity index (χ4v) is 1.83.